The molecule has 29 heavy (non-hydrogen) atoms. The summed E-state index contributed by atoms with van der Waals surface area (Å²) in [7, 11) is 0. The van der Waals surface area contributed by atoms with Gasteiger partial charge < -0.3 is 15.8 Å². The van der Waals surface area contributed by atoms with Crippen LogP contribution >= 0.6 is 23.1 Å². The van der Waals surface area contributed by atoms with Crippen molar-refractivity contribution >= 4 is 45.5 Å². The van der Waals surface area contributed by atoms with Crippen LogP contribution < -0.4 is 11.1 Å². The Balaban J connectivity index is 1.41. The standard InChI is InChI=1S/C19H20N6O2S2/c1-11-6-12-8-29-18(20)23-19(12,10-27-11)17-22-15(9-28-17)21-16(26)14-7-13-4-2-3-5-25(13)24-14/h2-5,7,9,11-12H,6,8,10H2,1H3,(H2,20,23)(H,21,26)/t11-,12-,19?/m0/s1. The summed E-state index contributed by atoms with van der Waals surface area (Å²) in [6.45, 7) is 2.53. The van der Waals surface area contributed by atoms with Gasteiger partial charge in [-0.05, 0) is 31.5 Å². The number of pyridine rings is 1. The van der Waals surface area contributed by atoms with Crippen LogP contribution in [-0.4, -0.2) is 44.1 Å². The van der Waals surface area contributed by atoms with Crippen molar-refractivity contribution in [2.24, 2.45) is 16.6 Å². The van der Waals surface area contributed by atoms with E-state index in [1.165, 1.54) is 11.3 Å². The summed E-state index contributed by atoms with van der Waals surface area (Å²) in [5, 5.41) is 10.4. The van der Waals surface area contributed by atoms with Crippen LogP contribution in [0.25, 0.3) is 5.52 Å². The first kappa shape index (κ1) is 18.6. The maximum absolute atomic E-state index is 12.6. The highest BCUT2D eigenvalue weighted by Gasteiger charge is 2.49. The van der Waals surface area contributed by atoms with Gasteiger partial charge in [0.2, 0.25) is 0 Å². The monoisotopic (exact) mass is 428 g/mol. The molecule has 1 fully saturated rings. The number of carbonyl (C=O) groups excluding carboxylic acids is 1. The van der Waals surface area contributed by atoms with Crippen molar-refractivity contribution in [3.05, 3.63) is 46.5 Å². The number of thiazole rings is 1. The third-order valence-corrected chi connectivity index (χ3v) is 7.31. The molecule has 0 radical (unpaired) electrons. The molecule has 150 valence electrons. The molecule has 3 aromatic heterocycles. The molecule has 2 aliphatic rings. The quantitative estimate of drug-likeness (QED) is 0.664. The first-order valence-corrected chi connectivity index (χ1v) is 11.2. The number of amidine groups is 1. The predicted octanol–water partition coefficient (Wildman–Crippen LogP) is 2.72. The maximum atomic E-state index is 12.6. The zero-order valence-corrected chi connectivity index (χ0v) is 17.4. The molecule has 3 aromatic rings. The molecule has 0 bridgehead atoms. The van der Waals surface area contributed by atoms with E-state index in [0.29, 0.717) is 29.2 Å². The van der Waals surface area contributed by atoms with Gasteiger partial charge in [-0.2, -0.15) is 5.10 Å². The van der Waals surface area contributed by atoms with Crippen molar-refractivity contribution in [1.29, 1.82) is 0 Å². The van der Waals surface area contributed by atoms with E-state index in [4.69, 9.17) is 15.5 Å². The number of rotatable bonds is 3. The molecule has 0 spiro atoms. The van der Waals surface area contributed by atoms with E-state index in [2.05, 4.69) is 22.3 Å². The number of nitrogens with one attached hydrogen (secondary N) is 1. The normalized spacial score (nSPS) is 26.7. The second-order valence-electron chi connectivity index (χ2n) is 7.33. The van der Waals surface area contributed by atoms with Crippen LogP contribution in [0, 0.1) is 5.92 Å². The number of nitrogens with two attached hydrogens (primary N) is 1. The fourth-order valence-corrected chi connectivity index (χ4v) is 5.81. The minimum Gasteiger partial charge on any atom is -0.379 e. The Labute approximate surface area is 175 Å². The average molecular weight is 429 g/mol. The highest BCUT2D eigenvalue weighted by atomic mass is 32.2. The van der Waals surface area contributed by atoms with Crippen LogP contribution in [0.5, 0.6) is 0 Å². The van der Waals surface area contributed by atoms with Gasteiger partial charge in [-0.3, -0.25) is 4.79 Å². The van der Waals surface area contributed by atoms with Gasteiger partial charge in [-0.25, -0.2) is 14.5 Å². The van der Waals surface area contributed by atoms with Gasteiger partial charge in [0.1, 0.15) is 16.4 Å². The Morgan fingerprint density at radius 1 is 1.45 bits per heavy atom. The molecule has 5 heterocycles. The van der Waals surface area contributed by atoms with Crippen LogP contribution in [0.4, 0.5) is 5.82 Å². The van der Waals surface area contributed by atoms with Gasteiger partial charge >= 0.3 is 0 Å². The van der Waals surface area contributed by atoms with Gasteiger partial charge in [-0.15, -0.1) is 11.3 Å². The first-order valence-electron chi connectivity index (χ1n) is 9.35. The number of thioether (sulfide) groups is 1. The summed E-state index contributed by atoms with van der Waals surface area (Å²) < 4.78 is 7.61. The minimum atomic E-state index is -0.571. The number of hydrogen-bond donors (Lipinski definition) is 2. The van der Waals surface area contributed by atoms with Gasteiger partial charge in [0.05, 0.1) is 18.2 Å². The summed E-state index contributed by atoms with van der Waals surface area (Å²) in [5.41, 5.74) is 6.68. The Kier molecular flexibility index (Phi) is 4.56. The fraction of sp³-hybridized carbons (Fsp3) is 0.368. The fourth-order valence-electron chi connectivity index (χ4n) is 3.84. The Morgan fingerprint density at radius 3 is 3.21 bits per heavy atom. The molecule has 3 atom stereocenters. The second-order valence-corrected chi connectivity index (χ2v) is 9.23. The summed E-state index contributed by atoms with van der Waals surface area (Å²) in [6.07, 6.45) is 2.91. The van der Waals surface area contributed by atoms with Crippen molar-refractivity contribution in [2.45, 2.75) is 25.0 Å². The maximum Gasteiger partial charge on any atom is 0.277 e. The van der Waals surface area contributed by atoms with Crippen LogP contribution in [0.15, 0.2) is 40.8 Å². The van der Waals surface area contributed by atoms with Crippen molar-refractivity contribution in [2.75, 3.05) is 17.7 Å². The second kappa shape index (κ2) is 7.12. The predicted molar refractivity (Wildman–Crippen MR) is 115 cm³/mol. The lowest BCUT2D eigenvalue weighted by Gasteiger charge is -2.44. The molecule has 3 N–H and O–H groups in total. The number of aliphatic imine (C=N–C) groups is 1. The van der Waals surface area contributed by atoms with Crippen LogP contribution in [0.2, 0.25) is 0 Å². The van der Waals surface area contributed by atoms with Crippen molar-refractivity contribution in [3.63, 3.8) is 0 Å². The van der Waals surface area contributed by atoms with Crippen LogP contribution in [-0.2, 0) is 10.3 Å². The van der Waals surface area contributed by atoms with Crippen molar-refractivity contribution < 1.29 is 9.53 Å². The van der Waals surface area contributed by atoms with E-state index in [1.54, 1.807) is 28.5 Å². The zero-order chi connectivity index (χ0) is 20.0. The number of anilines is 1. The summed E-state index contributed by atoms with van der Waals surface area (Å²) >= 11 is 3.06. The SMILES string of the molecule is C[C@H]1C[C@H]2CSC(N)=NC2(c2nc(NC(=O)c3cc4ccccn4n3)cs2)CO1. The number of hydrogen-bond acceptors (Lipinski definition) is 8. The number of carbonyl (C=O) groups is 1. The van der Waals surface area contributed by atoms with E-state index < -0.39 is 5.54 Å². The first-order chi connectivity index (χ1) is 14.0. The van der Waals surface area contributed by atoms with Crippen molar-refractivity contribution in [1.82, 2.24) is 14.6 Å². The number of aromatic nitrogens is 3. The lowest BCUT2D eigenvalue weighted by Crippen LogP contribution is -2.49. The van der Waals surface area contributed by atoms with Gasteiger partial charge in [0.15, 0.2) is 10.9 Å². The zero-order valence-electron chi connectivity index (χ0n) is 15.7. The Morgan fingerprint density at radius 2 is 2.34 bits per heavy atom. The lowest BCUT2D eigenvalue weighted by atomic mass is 9.80. The minimum absolute atomic E-state index is 0.192. The highest BCUT2D eigenvalue weighted by molar-refractivity contribution is 8.13. The molecule has 1 saturated heterocycles. The topological polar surface area (TPSA) is 107 Å². The molecule has 0 aliphatic carbocycles. The third-order valence-electron chi connectivity index (χ3n) is 5.34. The van der Waals surface area contributed by atoms with E-state index in [-0.39, 0.29) is 12.0 Å². The molecular weight excluding hydrogens is 408 g/mol. The van der Waals surface area contributed by atoms with Crippen molar-refractivity contribution in [3.8, 4) is 0 Å². The third kappa shape index (κ3) is 3.30. The molecule has 1 amide bonds. The number of ether oxygens (including phenoxy) is 1. The Hall–Kier alpha value is -2.43. The molecule has 0 aromatic carbocycles. The summed E-state index contributed by atoms with van der Waals surface area (Å²) in [4.78, 5) is 22.1. The molecule has 1 unspecified atom stereocenters. The van der Waals surface area contributed by atoms with E-state index >= 15 is 0 Å². The van der Waals surface area contributed by atoms with Gasteiger partial charge in [0, 0.05) is 23.2 Å². The number of amides is 1. The lowest BCUT2D eigenvalue weighted by molar-refractivity contribution is -0.0466. The summed E-state index contributed by atoms with van der Waals surface area (Å²) in [6, 6.07) is 7.42. The van der Waals surface area contributed by atoms with Crippen LogP contribution in [0.3, 0.4) is 0 Å². The van der Waals surface area contributed by atoms with E-state index in [0.717, 1.165) is 22.7 Å². The van der Waals surface area contributed by atoms with Gasteiger partial charge in [-0.1, -0.05) is 17.8 Å². The number of fused-ring (bicyclic) bond motifs is 2. The molecule has 2 aliphatic heterocycles. The molecule has 10 heteroatoms. The number of nitrogens with zero attached hydrogens (tertiary/aromatic N) is 4. The summed E-state index contributed by atoms with van der Waals surface area (Å²) in [5.74, 6) is 1.39. The smallest absolute Gasteiger partial charge is 0.277 e. The van der Waals surface area contributed by atoms with Gasteiger partial charge in [0.25, 0.3) is 5.91 Å². The Bertz CT molecular complexity index is 1080. The molecular formula is C19H20N6O2S2. The molecule has 0 saturated carbocycles. The largest absolute Gasteiger partial charge is 0.379 e. The molecule has 8 nitrogen and oxygen atoms in total. The van der Waals surface area contributed by atoms with E-state index in [9.17, 15) is 4.79 Å². The molecule has 5 rings (SSSR count). The highest BCUT2D eigenvalue weighted by Crippen LogP contribution is 2.47. The van der Waals surface area contributed by atoms with Crippen LogP contribution in [0.1, 0.15) is 28.8 Å². The average Bonchev–Trinajstić information content (AvgIpc) is 3.35. The van der Waals surface area contributed by atoms with E-state index in [1.807, 2.05) is 23.6 Å².